The number of rotatable bonds is 4. The second kappa shape index (κ2) is 8.01. The molecule has 154 valence electrons. The molecule has 1 saturated heterocycles. The van der Waals surface area contributed by atoms with Crippen LogP contribution in [0.3, 0.4) is 0 Å². The van der Waals surface area contributed by atoms with Crippen molar-refractivity contribution in [1.29, 1.82) is 0 Å². The van der Waals surface area contributed by atoms with Crippen LogP contribution in [-0.2, 0) is 0 Å². The van der Waals surface area contributed by atoms with Crippen LogP contribution < -0.4 is 11.1 Å². The number of hydrogen-bond donors (Lipinski definition) is 2. The Hall–Kier alpha value is -3.43. The lowest BCUT2D eigenvalue weighted by molar-refractivity contribution is 0.835. The fourth-order valence-electron chi connectivity index (χ4n) is 4.37. The van der Waals surface area contributed by atoms with Gasteiger partial charge in [-0.05, 0) is 46.9 Å². The maximum atomic E-state index is 6.13. The lowest BCUT2D eigenvalue weighted by atomic mass is 9.81. The molecule has 2 aliphatic rings. The minimum Gasteiger partial charge on any atom is -0.402 e. The minimum atomic E-state index is 0.159. The fourth-order valence-corrected chi connectivity index (χ4v) is 4.37. The summed E-state index contributed by atoms with van der Waals surface area (Å²) in [7, 11) is 0. The topological polar surface area (TPSA) is 60.9 Å². The van der Waals surface area contributed by atoms with Crippen LogP contribution in [-0.4, -0.2) is 11.5 Å². The number of nitrogens with one attached hydrogen (secondary N) is 1. The molecular weight excluding hydrogens is 378 g/mol. The Labute approximate surface area is 184 Å². The summed E-state index contributed by atoms with van der Waals surface area (Å²) >= 11 is 0. The number of nitrogens with zero attached hydrogens (tertiary/aromatic N) is 1. The van der Waals surface area contributed by atoms with Gasteiger partial charge in [0.05, 0.1) is 17.4 Å². The molecule has 1 fully saturated rings. The van der Waals surface area contributed by atoms with Crippen molar-refractivity contribution in [2.24, 2.45) is 5.73 Å². The third-order valence-electron chi connectivity index (χ3n) is 6.03. The van der Waals surface area contributed by atoms with Crippen LogP contribution in [0.5, 0.6) is 0 Å². The molecule has 0 saturated carbocycles. The van der Waals surface area contributed by atoms with Crippen LogP contribution in [0, 0.1) is 0 Å². The second-order valence-electron chi connectivity index (χ2n) is 8.40. The Morgan fingerprint density at radius 2 is 1.71 bits per heavy atom. The Morgan fingerprint density at radius 1 is 1.03 bits per heavy atom. The van der Waals surface area contributed by atoms with Crippen molar-refractivity contribution in [2.75, 3.05) is 6.54 Å². The van der Waals surface area contributed by atoms with E-state index in [4.69, 9.17) is 10.7 Å². The van der Waals surface area contributed by atoms with E-state index in [0.717, 1.165) is 29.2 Å². The Balaban J connectivity index is 1.71. The highest BCUT2D eigenvalue weighted by Gasteiger charge is 2.29. The van der Waals surface area contributed by atoms with Gasteiger partial charge in [-0.3, -0.25) is 4.98 Å². The van der Waals surface area contributed by atoms with Gasteiger partial charge < -0.3 is 11.1 Å². The first-order chi connectivity index (χ1) is 15.1. The number of aromatic nitrogens is 1. The molecule has 31 heavy (non-hydrogen) atoms. The smallest absolute Gasteiger partial charge is 0.0623 e. The molecule has 2 unspecified atom stereocenters. The number of allylic oxidation sites excluding steroid dienone is 5. The molecule has 1 aliphatic heterocycles. The molecule has 3 aromatic rings. The van der Waals surface area contributed by atoms with Crippen molar-refractivity contribution in [1.82, 2.24) is 10.3 Å². The third-order valence-corrected chi connectivity index (χ3v) is 6.03. The number of nitrogens with two attached hydrogens (primary N) is 1. The molecule has 3 heteroatoms. The predicted molar refractivity (Wildman–Crippen MR) is 129 cm³/mol. The summed E-state index contributed by atoms with van der Waals surface area (Å²) in [4.78, 5) is 5.15. The lowest BCUT2D eigenvalue weighted by Crippen LogP contribution is -2.11. The van der Waals surface area contributed by atoms with Crippen molar-refractivity contribution >= 4 is 11.6 Å². The van der Waals surface area contributed by atoms with Crippen LogP contribution in [0.4, 0.5) is 0 Å². The highest BCUT2D eigenvalue weighted by molar-refractivity contribution is 5.86. The van der Waals surface area contributed by atoms with Crippen molar-refractivity contribution < 1.29 is 0 Å². The van der Waals surface area contributed by atoms with E-state index < -0.39 is 0 Å². The Morgan fingerprint density at radius 3 is 2.35 bits per heavy atom. The van der Waals surface area contributed by atoms with Gasteiger partial charge in [0.25, 0.3) is 0 Å². The second-order valence-corrected chi connectivity index (χ2v) is 8.40. The van der Waals surface area contributed by atoms with Gasteiger partial charge in [0, 0.05) is 23.7 Å². The van der Waals surface area contributed by atoms with E-state index in [1.807, 2.05) is 13.0 Å². The van der Waals surface area contributed by atoms with Gasteiger partial charge in [0.2, 0.25) is 0 Å². The summed E-state index contributed by atoms with van der Waals surface area (Å²) in [6.45, 7) is 5.20. The van der Waals surface area contributed by atoms with Crippen LogP contribution in [0.1, 0.15) is 48.3 Å². The molecule has 0 bridgehead atoms. The van der Waals surface area contributed by atoms with Gasteiger partial charge in [-0.1, -0.05) is 79.7 Å². The molecule has 2 aromatic carbocycles. The summed E-state index contributed by atoms with van der Waals surface area (Å²) < 4.78 is 0. The first-order valence-corrected chi connectivity index (χ1v) is 10.9. The zero-order valence-corrected chi connectivity index (χ0v) is 18.0. The number of fused-ring (bicyclic) bond motifs is 1. The maximum absolute atomic E-state index is 6.13. The van der Waals surface area contributed by atoms with Crippen LogP contribution >= 0.6 is 0 Å². The van der Waals surface area contributed by atoms with Gasteiger partial charge in [-0.2, -0.15) is 0 Å². The van der Waals surface area contributed by atoms with Gasteiger partial charge in [0.15, 0.2) is 0 Å². The molecule has 2 heterocycles. The van der Waals surface area contributed by atoms with Gasteiger partial charge in [-0.15, -0.1) is 0 Å². The minimum absolute atomic E-state index is 0.159. The monoisotopic (exact) mass is 405 g/mol. The Kier molecular flexibility index (Phi) is 5.05. The van der Waals surface area contributed by atoms with Crippen LogP contribution in [0.2, 0.25) is 0 Å². The SMILES string of the molecule is C/C(N)=C/C(=C1/C=Cc2c(-c3ccccc3)cc(C3CN3)nc2C1C)c1ccccc1. The summed E-state index contributed by atoms with van der Waals surface area (Å²) in [6, 6.07) is 23.7. The number of benzene rings is 2. The van der Waals surface area contributed by atoms with E-state index in [1.165, 1.54) is 27.8 Å². The maximum Gasteiger partial charge on any atom is 0.0623 e. The third kappa shape index (κ3) is 3.85. The van der Waals surface area contributed by atoms with Crippen molar-refractivity contribution in [3.8, 4) is 11.1 Å². The lowest BCUT2D eigenvalue weighted by Gasteiger charge is -2.25. The molecule has 1 aromatic heterocycles. The highest BCUT2D eigenvalue weighted by Crippen LogP contribution is 2.42. The summed E-state index contributed by atoms with van der Waals surface area (Å²) in [6.07, 6.45) is 6.56. The molecule has 3 N–H and O–H groups in total. The van der Waals surface area contributed by atoms with E-state index in [2.05, 4.69) is 91.1 Å². The molecule has 0 amide bonds. The molecule has 0 spiro atoms. The van der Waals surface area contributed by atoms with Crippen molar-refractivity contribution in [2.45, 2.75) is 25.8 Å². The molecule has 5 rings (SSSR count). The van der Waals surface area contributed by atoms with E-state index in [-0.39, 0.29) is 5.92 Å². The molecule has 2 atom stereocenters. The average Bonchev–Trinajstić information content (AvgIpc) is 3.64. The molecule has 3 nitrogen and oxygen atoms in total. The first-order valence-electron chi connectivity index (χ1n) is 10.9. The molecule has 1 aliphatic carbocycles. The predicted octanol–water partition coefficient (Wildman–Crippen LogP) is 5.84. The Bertz CT molecular complexity index is 1200. The summed E-state index contributed by atoms with van der Waals surface area (Å²) in [5.41, 5.74) is 16.5. The van der Waals surface area contributed by atoms with Crippen molar-refractivity contribution in [3.05, 3.63) is 113 Å². The van der Waals surface area contributed by atoms with E-state index in [1.54, 1.807) is 0 Å². The first kappa shape index (κ1) is 19.5. The van der Waals surface area contributed by atoms with Gasteiger partial charge in [-0.25, -0.2) is 0 Å². The van der Waals surface area contributed by atoms with E-state index in [9.17, 15) is 0 Å². The van der Waals surface area contributed by atoms with E-state index in [0.29, 0.717) is 6.04 Å². The van der Waals surface area contributed by atoms with E-state index >= 15 is 0 Å². The summed E-state index contributed by atoms with van der Waals surface area (Å²) in [5.74, 6) is 0.159. The molecule has 0 radical (unpaired) electrons. The summed E-state index contributed by atoms with van der Waals surface area (Å²) in [5, 5.41) is 3.42. The quantitative estimate of drug-likeness (QED) is 0.536. The number of hydrogen-bond acceptors (Lipinski definition) is 3. The highest BCUT2D eigenvalue weighted by atomic mass is 15.1. The van der Waals surface area contributed by atoms with Crippen molar-refractivity contribution in [3.63, 3.8) is 0 Å². The zero-order valence-electron chi connectivity index (χ0n) is 18.0. The number of pyridine rings is 1. The van der Waals surface area contributed by atoms with Crippen LogP contribution in [0.25, 0.3) is 22.8 Å². The normalized spacial score (nSPS) is 21.5. The van der Waals surface area contributed by atoms with Gasteiger partial charge >= 0.3 is 0 Å². The zero-order chi connectivity index (χ0) is 21.4. The average molecular weight is 406 g/mol. The molecular formula is C28H27N3. The fraction of sp³-hybridized carbons (Fsp3) is 0.179. The van der Waals surface area contributed by atoms with Crippen LogP contribution in [0.15, 0.2) is 90.2 Å². The largest absolute Gasteiger partial charge is 0.402 e. The standard InChI is InChI=1S/C28H27N3/c1-18(29)15-24(20-9-5-3-6-10-20)22-13-14-23-25(21-11-7-4-8-12-21)16-26(27-17-30-27)31-28(23)19(22)2/h3-16,19,27,30H,17,29H2,1-2H3/b18-15-,24-22+. The van der Waals surface area contributed by atoms with Gasteiger partial charge in [0.1, 0.15) is 0 Å².